The fourth-order valence-electron chi connectivity index (χ4n) is 2.29. The van der Waals surface area contributed by atoms with Crippen LogP contribution in [-0.4, -0.2) is 18.9 Å². The van der Waals surface area contributed by atoms with E-state index in [4.69, 9.17) is 9.47 Å². The predicted molar refractivity (Wildman–Crippen MR) is 87.5 cm³/mol. The highest BCUT2D eigenvalue weighted by atomic mass is 16.5. The van der Waals surface area contributed by atoms with Crippen LogP contribution in [0.1, 0.15) is 41.8 Å². The second kappa shape index (κ2) is 8.13. The highest BCUT2D eigenvalue weighted by Gasteiger charge is 2.28. The minimum Gasteiger partial charge on any atom is -0.496 e. The summed E-state index contributed by atoms with van der Waals surface area (Å²) < 4.78 is 10.8. The van der Waals surface area contributed by atoms with Crippen LogP contribution in [0.25, 0.3) is 0 Å². The molecule has 0 radical (unpaired) electrons. The molecule has 0 bridgehead atoms. The van der Waals surface area contributed by atoms with E-state index in [-0.39, 0.29) is 12.2 Å². The Hall–Kier alpha value is -2.62. The zero-order valence-corrected chi connectivity index (χ0v) is 13.3. The highest BCUT2D eigenvalue weighted by molar-refractivity contribution is 6.01. The topological polar surface area (TPSA) is 52.6 Å². The summed E-state index contributed by atoms with van der Waals surface area (Å²) in [6.45, 7) is 1.89. The molecule has 120 valence electrons. The largest absolute Gasteiger partial charge is 0.496 e. The number of para-hydroxylation sites is 1. The van der Waals surface area contributed by atoms with Gasteiger partial charge in [-0.3, -0.25) is 9.59 Å². The summed E-state index contributed by atoms with van der Waals surface area (Å²) in [6.07, 6.45) is -0.0716. The number of benzene rings is 2. The number of carbonyl (C=O) groups is 2. The molecule has 1 atom stereocenters. The van der Waals surface area contributed by atoms with E-state index in [0.29, 0.717) is 23.3 Å². The molecule has 0 aliphatic heterocycles. The lowest BCUT2D eigenvalue weighted by Gasteiger charge is -2.19. The van der Waals surface area contributed by atoms with Gasteiger partial charge < -0.3 is 9.47 Å². The van der Waals surface area contributed by atoms with E-state index in [9.17, 15) is 9.59 Å². The molecule has 4 heteroatoms. The van der Waals surface area contributed by atoms with E-state index >= 15 is 0 Å². The molecule has 0 saturated heterocycles. The molecule has 0 aliphatic rings. The van der Waals surface area contributed by atoms with Gasteiger partial charge in [0.05, 0.1) is 7.11 Å². The Morgan fingerprint density at radius 3 is 2.30 bits per heavy atom. The molecule has 0 saturated carbocycles. The zero-order valence-electron chi connectivity index (χ0n) is 13.3. The SMILES string of the molecule is CCCC(=O)O[C@H](C(=O)c1ccccc1)c1ccccc1OC. The van der Waals surface area contributed by atoms with E-state index < -0.39 is 12.1 Å². The van der Waals surface area contributed by atoms with Gasteiger partial charge in [0.15, 0.2) is 6.10 Å². The average molecular weight is 312 g/mol. The quantitative estimate of drug-likeness (QED) is 0.573. The maximum Gasteiger partial charge on any atom is 0.306 e. The van der Waals surface area contributed by atoms with Gasteiger partial charge in [-0.15, -0.1) is 0 Å². The first-order valence-electron chi connectivity index (χ1n) is 7.59. The lowest BCUT2D eigenvalue weighted by molar-refractivity contribution is -0.147. The van der Waals surface area contributed by atoms with Gasteiger partial charge in [-0.2, -0.15) is 0 Å². The van der Waals surface area contributed by atoms with Gasteiger partial charge in [0.1, 0.15) is 5.75 Å². The van der Waals surface area contributed by atoms with Crippen LogP contribution in [0.3, 0.4) is 0 Å². The van der Waals surface area contributed by atoms with Gasteiger partial charge in [-0.05, 0) is 12.5 Å². The Balaban J connectivity index is 2.39. The van der Waals surface area contributed by atoms with Crippen molar-refractivity contribution in [2.24, 2.45) is 0 Å². The summed E-state index contributed by atoms with van der Waals surface area (Å²) >= 11 is 0. The third-order valence-electron chi connectivity index (χ3n) is 3.42. The van der Waals surface area contributed by atoms with Gasteiger partial charge in [-0.1, -0.05) is 55.5 Å². The Kier molecular flexibility index (Phi) is 5.92. The molecule has 0 unspecified atom stereocenters. The maximum absolute atomic E-state index is 12.8. The molecule has 2 aromatic carbocycles. The van der Waals surface area contributed by atoms with Gasteiger partial charge in [-0.25, -0.2) is 0 Å². The first-order chi connectivity index (χ1) is 11.2. The lowest BCUT2D eigenvalue weighted by Crippen LogP contribution is -2.20. The summed E-state index contributed by atoms with van der Waals surface area (Å²) in [4.78, 5) is 24.8. The van der Waals surface area contributed by atoms with Gasteiger partial charge >= 0.3 is 5.97 Å². The van der Waals surface area contributed by atoms with Crippen molar-refractivity contribution in [3.63, 3.8) is 0 Å². The fraction of sp³-hybridized carbons (Fsp3) is 0.263. The van der Waals surface area contributed by atoms with Crippen molar-refractivity contribution in [3.05, 3.63) is 65.7 Å². The molecule has 4 nitrogen and oxygen atoms in total. The number of Topliss-reactive ketones (excluding diaryl/α,β-unsaturated/α-hetero) is 1. The van der Waals surface area contributed by atoms with Crippen molar-refractivity contribution in [1.29, 1.82) is 0 Å². The van der Waals surface area contributed by atoms with Crippen LogP contribution < -0.4 is 4.74 Å². The number of methoxy groups -OCH3 is 1. The summed E-state index contributed by atoms with van der Waals surface area (Å²) in [5, 5.41) is 0. The fourth-order valence-corrected chi connectivity index (χ4v) is 2.29. The van der Waals surface area contributed by atoms with Crippen molar-refractivity contribution in [3.8, 4) is 5.75 Å². The number of rotatable bonds is 7. The molecule has 2 aromatic rings. The number of ketones is 1. The first-order valence-corrected chi connectivity index (χ1v) is 7.59. The monoisotopic (exact) mass is 312 g/mol. The second-order valence-electron chi connectivity index (χ2n) is 5.09. The first kappa shape index (κ1) is 16.7. The van der Waals surface area contributed by atoms with Crippen LogP contribution in [0.2, 0.25) is 0 Å². The second-order valence-corrected chi connectivity index (χ2v) is 5.09. The molecular formula is C19H20O4. The van der Waals surface area contributed by atoms with Crippen molar-refractivity contribution in [2.45, 2.75) is 25.9 Å². The van der Waals surface area contributed by atoms with Crippen LogP contribution in [0.5, 0.6) is 5.75 Å². The van der Waals surface area contributed by atoms with E-state index in [1.807, 2.05) is 13.0 Å². The third kappa shape index (κ3) is 4.19. The maximum atomic E-state index is 12.8. The third-order valence-corrected chi connectivity index (χ3v) is 3.42. The minimum atomic E-state index is -1.01. The molecule has 23 heavy (non-hydrogen) atoms. The Morgan fingerprint density at radius 2 is 1.65 bits per heavy atom. The van der Waals surface area contributed by atoms with Crippen LogP contribution in [-0.2, 0) is 9.53 Å². The predicted octanol–water partition coefficient (Wildman–Crippen LogP) is 3.96. The van der Waals surface area contributed by atoms with Crippen LogP contribution in [0.15, 0.2) is 54.6 Å². The lowest BCUT2D eigenvalue weighted by atomic mass is 9.99. The number of hydrogen-bond acceptors (Lipinski definition) is 4. The molecule has 2 rings (SSSR count). The van der Waals surface area contributed by atoms with E-state index in [0.717, 1.165) is 0 Å². The highest BCUT2D eigenvalue weighted by Crippen LogP contribution is 2.30. The van der Waals surface area contributed by atoms with Crippen molar-refractivity contribution in [2.75, 3.05) is 7.11 Å². The average Bonchev–Trinajstić information content (AvgIpc) is 2.60. The van der Waals surface area contributed by atoms with Crippen molar-refractivity contribution in [1.82, 2.24) is 0 Å². The standard InChI is InChI=1S/C19H20O4/c1-3-9-17(20)23-19(15-12-7-8-13-16(15)22-2)18(21)14-10-5-4-6-11-14/h4-8,10-13,19H,3,9H2,1-2H3/t19-/m0/s1. The summed E-state index contributed by atoms with van der Waals surface area (Å²) in [5.41, 5.74) is 1.04. The summed E-state index contributed by atoms with van der Waals surface area (Å²) in [7, 11) is 1.52. The molecule has 0 amide bonds. The Bertz CT molecular complexity index is 664. The molecule has 0 aliphatic carbocycles. The molecule has 0 N–H and O–H groups in total. The van der Waals surface area contributed by atoms with Gasteiger partial charge in [0.25, 0.3) is 0 Å². The van der Waals surface area contributed by atoms with E-state index in [1.165, 1.54) is 7.11 Å². The molecular weight excluding hydrogens is 292 g/mol. The van der Waals surface area contributed by atoms with E-state index in [1.54, 1.807) is 48.5 Å². The molecule has 0 fully saturated rings. The van der Waals surface area contributed by atoms with Gasteiger partial charge in [0, 0.05) is 17.5 Å². The number of hydrogen-bond donors (Lipinski definition) is 0. The van der Waals surface area contributed by atoms with E-state index in [2.05, 4.69) is 0 Å². The van der Waals surface area contributed by atoms with Gasteiger partial charge in [0.2, 0.25) is 5.78 Å². The normalized spacial score (nSPS) is 11.6. The minimum absolute atomic E-state index is 0.264. The van der Waals surface area contributed by atoms with Crippen molar-refractivity contribution < 1.29 is 19.1 Å². The Morgan fingerprint density at radius 1 is 1.00 bits per heavy atom. The molecule has 0 heterocycles. The molecule has 0 spiro atoms. The summed E-state index contributed by atoms with van der Waals surface area (Å²) in [6, 6.07) is 15.9. The number of ether oxygens (including phenoxy) is 2. The van der Waals surface area contributed by atoms with Crippen LogP contribution in [0, 0.1) is 0 Å². The zero-order chi connectivity index (χ0) is 16.7. The summed E-state index contributed by atoms with van der Waals surface area (Å²) in [5.74, 6) is -0.140. The number of carbonyl (C=O) groups excluding carboxylic acids is 2. The number of esters is 1. The Labute approximate surface area is 136 Å². The van der Waals surface area contributed by atoms with Crippen LogP contribution >= 0.6 is 0 Å². The van der Waals surface area contributed by atoms with Crippen molar-refractivity contribution >= 4 is 11.8 Å². The molecule has 0 aromatic heterocycles. The smallest absolute Gasteiger partial charge is 0.306 e. The van der Waals surface area contributed by atoms with Crippen LogP contribution in [0.4, 0.5) is 0 Å².